The van der Waals surface area contributed by atoms with E-state index in [2.05, 4.69) is 15.0 Å². The smallest absolute Gasteiger partial charge is 0.242 e. The van der Waals surface area contributed by atoms with E-state index < -0.39 is 10.0 Å². The van der Waals surface area contributed by atoms with Crippen molar-refractivity contribution in [3.63, 3.8) is 0 Å². The quantitative estimate of drug-likeness (QED) is 0.726. The molecule has 1 fully saturated rings. The van der Waals surface area contributed by atoms with Crippen molar-refractivity contribution < 1.29 is 13.2 Å². The van der Waals surface area contributed by atoms with Gasteiger partial charge in [0.2, 0.25) is 10.0 Å². The summed E-state index contributed by atoms with van der Waals surface area (Å²) in [6.45, 7) is 4.64. The van der Waals surface area contributed by atoms with Gasteiger partial charge in [0.1, 0.15) is 0 Å². The molecule has 2 unspecified atom stereocenters. The number of H-pyrrole nitrogens is 1. The van der Waals surface area contributed by atoms with Gasteiger partial charge in [-0.25, -0.2) is 13.1 Å². The highest BCUT2D eigenvalue weighted by Gasteiger charge is 2.50. The fraction of sp³-hybridized carbons (Fsp3) is 0.692. The first kappa shape index (κ1) is 15.5. The zero-order valence-corrected chi connectivity index (χ0v) is 13.2. The molecule has 0 saturated heterocycles. The van der Waals surface area contributed by atoms with Crippen molar-refractivity contribution in [2.75, 3.05) is 14.2 Å². The summed E-state index contributed by atoms with van der Waals surface area (Å²) in [5.41, 5.74) is 0.655. The van der Waals surface area contributed by atoms with Crippen molar-refractivity contribution in [1.29, 1.82) is 0 Å². The van der Waals surface area contributed by atoms with Crippen LogP contribution in [0.15, 0.2) is 17.2 Å². The van der Waals surface area contributed by atoms with E-state index in [4.69, 9.17) is 4.74 Å². The van der Waals surface area contributed by atoms with Crippen LogP contribution < -0.4 is 10.0 Å². The van der Waals surface area contributed by atoms with Crippen LogP contribution in [0, 0.1) is 5.41 Å². The SMILES string of the molecule is CNCc1cc(S(=O)(=O)NC2CC(OC)C2(C)C)c[nH]1. The second-order valence-corrected chi connectivity index (χ2v) is 7.56. The van der Waals surface area contributed by atoms with E-state index in [9.17, 15) is 8.42 Å². The lowest BCUT2D eigenvalue weighted by atomic mass is 9.65. The standard InChI is InChI=1S/C13H23N3O3S/c1-13(2)11(6-12(13)19-4)16-20(17,18)10-5-9(7-14-3)15-8-10/h5,8,11-12,14-16H,6-7H2,1-4H3. The molecule has 1 aromatic rings. The van der Waals surface area contributed by atoms with Gasteiger partial charge >= 0.3 is 0 Å². The summed E-state index contributed by atoms with van der Waals surface area (Å²) in [4.78, 5) is 3.23. The first-order chi connectivity index (χ1) is 9.31. The third-order valence-corrected chi connectivity index (χ3v) is 5.60. The van der Waals surface area contributed by atoms with Gasteiger partial charge in [-0.15, -0.1) is 0 Å². The number of aromatic nitrogens is 1. The predicted octanol–water partition coefficient (Wildman–Crippen LogP) is 0.826. The second kappa shape index (κ2) is 5.48. The minimum atomic E-state index is -3.49. The van der Waals surface area contributed by atoms with E-state index in [0.717, 1.165) is 5.69 Å². The summed E-state index contributed by atoms with van der Waals surface area (Å²) >= 11 is 0. The predicted molar refractivity (Wildman–Crippen MR) is 76.9 cm³/mol. The van der Waals surface area contributed by atoms with Gasteiger partial charge in [0.15, 0.2) is 0 Å². The van der Waals surface area contributed by atoms with Crippen LogP contribution in [0.2, 0.25) is 0 Å². The molecule has 1 aliphatic rings. The Kier molecular flexibility index (Phi) is 4.24. The van der Waals surface area contributed by atoms with Crippen LogP contribution >= 0.6 is 0 Å². The van der Waals surface area contributed by atoms with Gasteiger partial charge in [0.05, 0.1) is 11.0 Å². The van der Waals surface area contributed by atoms with Crippen molar-refractivity contribution in [1.82, 2.24) is 15.0 Å². The van der Waals surface area contributed by atoms with Crippen molar-refractivity contribution >= 4 is 10.0 Å². The number of methoxy groups -OCH3 is 1. The van der Waals surface area contributed by atoms with Crippen LogP contribution in [0.1, 0.15) is 26.0 Å². The van der Waals surface area contributed by atoms with Crippen molar-refractivity contribution in [3.05, 3.63) is 18.0 Å². The minimum absolute atomic E-state index is 0.0971. The van der Waals surface area contributed by atoms with Crippen LogP contribution in [0.25, 0.3) is 0 Å². The number of ether oxygens (including phenoxy) is 1. The number of nitrogens with one attached hydrogen (secondary N) is 3. The molecule has 1 aromatic heterocycles. The number of hydrogen-bond acceptors (Lipinski definition) is 4. The maximum Gasteiger partial charge on any atom is 0.242 e. The molecular formula is C13H23N3O3S. The second-order valence-electron chi connectivity index (χ2n) is 5.85. The Morgan fingerprint density at radius 1 is 1.50 bits per heavy atom. The molecule has 1 heterocycles. The molecule has 20 heavy (non-hydrogen) atoms. The van der Waals surface area contributed by atoms with E-state index in [1.54, 1.807) is 13.2 Å². The Morgan fingerprint density at radius 2 is 2.20 bits per heavy atom. The third kappa shape index (κ3) is 2.76. The Bertz CT molecular complexity index is 565. The zero-order chi connectivity index (χ0) is 15.0. The minimum Gasteiger partial charge on any atom is -0.381 e. The fourth-order valence-electron chi connectivity index (χ4n) is 2.61. The molecule has 0 amide bonds. The molecule has 0 aromatic carbocycles. The zero-order valence-electron chi connectivity index (χ0n) is 12.4. The first-order valence-electron chi connectivity index (χ1n) is 6.68. The molecule has 0 spiro atoms. The van der Waals surface area contributed by atoms with Gasteiger partial charge < -0.3 is 15.0 Å². The maximum atomic E-state index is 12.3. The molecule has 2 atom stereocenters. The van der Waals surface area contributed by atoms with Crippen LogP contribution in [0.4, 0.5) is 0 Å². The Hall–Kier alpha value is -0.890. The average Bonchev–Trinajstić information content (AvgIpc) is 2.84. The molecule has 0 radical (unpaired) electrons. The first-order valence-corrected chi connectivity index (χ1v) is 8.16. The molecule has 1 saturated carbocycles. The Labute approximate surface area is 120 Å². The van der Waals surface area contributed by atoms with E-state index in [1.165, 1.54) is 6.20 Å². The van der Waals surface area contributed by atoms with E-state index >= 15 is 0 Å². The third-order valence-electron chi connectivity index (χ3n) is 4.15. The summed E-state index contributed by atoms with van der Waals surface area (Å²) in [5, 5.41) is 2.98. The lowest BCUT2D eigenvalue weighted by Crippen LogP contribution is -2.61. The number of aromatic amines is 1. The highest BCUT2D eigenvalue weighted by Crippen LogP contribution is 2.43. The topological polar surface area (TPSA) is 83.2 Å². The maximum absolute atomic E-state index is 12.3. The highest BCUT2D eigenvalue weighted by atomic mass is 32.2. The van der Waals surface area contributed by atoms with E-state index in [-0.39, 0.29) is 22.5 Å². The Morgan fingerprint density at radius 3 is 2.75 bits per heavy atom. The number of sulfonamides is 1. The monoisotopic (exact) mass is 301 g/mol. The summed E-state index contributed by atoms with van der Waals surface area (Å²) in [5.74, 6) is 0. The molecule has 0 aliphatic heterocycles. The molecule has 114 valence electrons. The molecule has 7 heteroatoms. The average molecular weight is 301 g/mol. The number of rotatable bonds is 6. The van der Waals surface area contributed by atoms with Crippen LogP contribution in [-0.2, 0) is 21.3 Å². The summed E-state index contributed by atoms with van der Waals surface area (Å²) in [6.07, 6.45) is 2.33. The van der Waals surface area contributed by atoms with Gasteiger partial charge in [-0.2, -0.15) is 0 Å². The molecule has 0 bridgehead atoms. The van der Waals surface area contributed by atoms with Crippen molar-refractivity contribution in [3.8, 4) is 0 Å². The molecule has 1 aliphatic carbocycles. The van der Waals surface area contributed by atoms with Gasteiger partial charge in [-0.3, -0.25) is 0 Å². The fourth-order valence-corrected chi connectivity index (χ4v) is 4.03. The molecule has 3 N–H and O–H groups in total. The van der Waals surface area contributed by atoms with Crippen LogP contribution in [0.5, 0.6) is 0 Å². The van der Waals surface area contributed by atoms with Gasteiger partial charge in [0.25, 0.3) is 0 Å². The summed E-state index contributed by atoms with van der Waals surface area (Å²) in [6, 6.07) is 1.55. The normalized spacial score (nSPS) is 25.4. The number of hydrogen-bond donors (Lipinski definition) is 3. The van der Waals surface area contributed by atoms with Gasteiger partial charge in [-0.1, -0.05) is 13.8 Å². The molecule has 2 rings (SSSR count). The molecular weight excluding hydrogens is 278 g/mol. The molecule has 6 nitrogen and oxygen atoms in total. The lowest BCUT2D eigenvalue weighted by Gasteiger charge is -2.50. The van der Waals surface area contributed by atoms with Crippen LogP contribution in [0.3, 0.4) is 0 Å². The van der Waals surface area contributed by atoms with Gasteiger partial charge in [-0.05, 0) is 19.5 Å². The van der Waals surface area contributed by atoms with Gasteiger partial charge in [0, 0.05) is 37.0 Å². The Balaban J connectivity index is 2.08. The van der Waals surface area contributed by atoms with E-state index in [0.29, 0.717) is 13.0 Å². The summed E-state index contributed by atoms with van der Waals surface area (Å²) in [7, 11) is -0.0106. The lowest BCUT2D eigenvalue weighted by molar-refractivity contribution is -0.0908. The van der Waals surface area contributed by atoms with Crippen molar-refractivity contribution in [2.45, 2.75) is 43.9 Å². The summed E-state index contributed by atoms with van der Waals surface area (Å²) < 4.78 is 32.8. The highest BCUT2D eigenvalue weighted by molar-refractivity contribution is 7.89. The largest absolute Gasteiger partial charge is 0.381 e. The van der Waals surface area contributed by atoms with Crippen molar-refractivity contribution in [2.24, 2.45) is 5.41 Å². The van der Waals surface area contributed by atoms with E-state index in [1.807, 2.05) is 20.9 Å². The van der Waals surface area contributed by atoms with Crippen LogP contribution in [-0.4, -0.2) is 39.7 Å².